The second-order valence-electron chi connectivity index (χ2n) is 6.97. The fourth-order valence-corrected chi connectivity index (χ4v) is 2.86. The van der Waals surface area contributed by atoms with Gasteiger partial charge in [-0.3, -0.25) is 0 Å². The summed E-state index contributed by atoms with van der Waals surface area (Å²) in [5.74, 6) is 0.785. The Bertz CT molecular complexity index is 941. The van der Waals surface area contributed by atoms with E-state index in [0.29, 0.717) is 18.1 Å². The third-order valence-electron chi connectivity index (χ3n) is 4.61. The summed E-state index contributed by atoms with van der Waals surface area (Å²) in [7, 11) is 0. The number of nitrogens with zero attached hydrogens (tertiary/aromatic N) is 2. The number of rotatable bonds is 9. The minimum Gasteiger partial charge on any atom is -0.445 e. The van der Waals surface area contributed by atoms with Gasteiger partial charge in [-0.25, -0.2) is 4.79 Å². The van der Waals surface area contributed by atoms with E-state index in [9.17, 15) is 9.90 Å². The van der Waals surface area contributed by atoms with Gasteiger partial charge in [0, 0.05) is 12.5 Å². The van der Waals surface area contributed by atoms with E-state index in [2.05, 4.69) is 15.5 Å². The van der Waals surface area contributed by atoms with Crippen LogP contribution >= 0.6 is 0 Å². The number of carbonyl (C=O) groups is 1. The van der Waals surface area contributed by atoms with Crippen molar-refractivity contribution in [2.75, 3.05) is 6.61 Å². The van der Waals surface area contributed by atoms with E-state index in [0.717, 1.165) is 11.1 Å². The lowest BCUT2D eigenvalue weighted by Gasteiger charge is -2.21. The molecule has 30 heavy (non-hydrogen) atoms. The van der Waals surface area contributed by atoms with E-state index in [1.807, 2.05) is 73.7 Å². The first-order valence-electron chi connectivity index (χ1n) is 9.78. The van der Waals surface area contributed by atoms with Crippen LogP contribution in [0.25, 0.3) is 12.2 Å². The SMILES string of the molecule is CC(Cc1noc(C=Cc2ccccc2)n1)C(CO)NC(=O)OCc1ccccc1. The lowest BCUT2D eigenvalue weighted by molar-refractivity contribution is 0.121. The van der Waals surface area contributed by atoms with Crippen molar-refractivity contribution < 1.29 is 19.2 Å². The van der Waals surface area contributed by atoms with Gasteiger partial charge in [0.05, 0.1) is 12.6 Å². The first-order chi connectivity index (χ1) is 14.6. The van der Waals surface area contributed by atoms with Gasteiger partial charge in [-0.05, 0) is 23.1 Å². The minimum atomic E-state index is -0.579. The molecule has 0 saturated heterocycles. The van der Waals surface area contributed by atoms with Crippen molar-refractivity contribution in [2.45, 2.75) is 26.0 Å². The smallest absolute Gasteiger partial charge is 0.407 e. The molecule has 0 radical (unpaired) electrons. The van der Waals surface area contributed by atoms with Crippen molar-refractivity contribution in [1.82, 2.24) is 15.5 Å². The van der Waals surface area contributed by atoms with Gasteiger partial charge in [-0.2, -0.15) is 4.98 Å². The number of aliphatic hydroxyl groups is 1. The molecule has 1 heterocycles. The zero-order valence-corrected chi connectivity index (χ0v) is 16.8. The summed E-state index contributed by atoms with van der Waals surface area (Å²) < 4.78 is 10.5. The quantitative estimate of drug-likeness (QED) is 0.561. The number of alkyl carbamates (subject to hydrolysis) is 1. The van der Waals surface area contributed by atoms with Crippen LogP contribution in [0.1, 0.15) is 29.8 Å². The molecule has 0 aliphatic heterocycles. The van der Waals surface area contributed by atoms with E-state index >= 15 is 0 Å². The summed E-state index contributed by atoms with van der Waals surface area (Å²) in [5, 5.41) is 16.4. The Balaban J connectivity index is 1.49. The Morgan fingerprint density at radius 1 is 1.13 bits per heavy atom. The number of aromatic nitrogens is 2. The van der Waals surface area contributed by atoms with Gasteiger partial charge in [0.15, 0.2) is 5.82 Å². The van der Waals surface area contributed by atoms with Gasteiger partial charge in [0.2, 0.25) is 0 Å². The third kappa shape index (κ3) is 6.56. The zero-order chi connectivity index (χ0) is 21.2. The summed E-state index contributed by atoms with van der Waals surface area (Å²) in [6.45, 7) is 1.84. The maximum absolute atomic E-state index is 12.1. The van der Waals surface area contributed by atoms with Crippen molar-refractivity contribution in [1.29, 1.82) is 0 Å². The van der Waals surface area contributed by atoms with E-state index in [1.165, 1.54) is 0 Å². The molecule has 2 unspecified atom stereocenters. The average Bonchev–Trinajstić information content (AvgIpc) is 3.23. The number of ether oxygens (including phenoxy) is 1. The molecule has 3 aromatic rings. The topological polar surface area (TPSA) is 97.5 Å². The van der Waals surface area contributed by atoms with Gasteiger partial charge < -0.3 is 19.7 Å². The summed E-state index contributed by atoms with van der Waals surface area (Å²) in [6, 6.07) is 18.7. The summed E-state index contributed by atoms with van der Waals surface area (Å²) in [6.07, 6.45) is 3.50. The molecule has 7 heteroatoms. The summed E-state index contributed by atoms with van der Waals surface area (Å²) in [4.78, 5) is 16.4. The Morgan fingerprint density at radius 3 is 2.53 bits per heavy atom. The molecule has 1 amide bonds. The number of aliphatic hydroxyl groups excluding tert-OH is 1. The molecular weight excluding hydrogens is 382 g/mol. The van der Waals surface area contributed by atoms with Crippen molar-refractivity contribution in [2.24, 2.45) is 5.92 Å². The minimum absolute atomic E-state index is 0.122. The van der Waals surface area contributed by atoms with E-state index < -0.39 is 12.1 Å². The van der Waals surface area contributed by atoms with Gasteiger partial charge in [0.1, 0.15) is 6.61 Å². The van der Waals surface area contributed by atoms with Crippen LogP contribution < -0.4 is 5.32 Å². The van der Waals surface area contributed by atoms with Crippen LogP contribution in [0.15, 0.2) is 65.2 Å². The lowest BCUT2D eigenvalue weighted by atomic mass is 9.99. The van der Waals surface area contributed by atoms with E-state index in [4.69, 9.17) is 9.26 Å². The maximum Gasteiger partial charge on any atom is 0.407 e. The maximum atomic E-state index is 12.1. The predicted octanol–water partition coefficient (Wildman–Crippen LogP) is 3.71. The summed E-state index contributed by atoms with van der Waals surface area (Å²) >= 11 is 0. The number of hydrogen-bond donors (Lipinski definition) is 2. The molecule has 0 aliphatic rings. The van der Waals surface area contributed by atoms with Crippen molar-refractivity contribution >= 4 is 18.2 Å². The molecule has 2 atom stereocenters. The molecule has 7 nitrogen and oxygen atoms in total. The van der Waals surface area contributed by atoms with Crippen LogP contribution in [0, 0.1) is 5.92 Å². The molecule has 0 saturated carbocycles. The van der Waals surface area contributed by atoms with Crippen LogP contribution in [0.5, 0.6) is 0 Å². The normalized spacial score (nSPS) is 13.1. The molecule has 2 aromatic carbocycles. The fourth-order valence-electron chi connectivity index (χ4n) is 2.86. The van der Waals surface area contributed by atoms with E-state index in [1.54, 1.807) is 6.08 Å². The highest BCUT2D eigenvalue weighted by Gasteiger charge is 2.22. The number of carbonyl (C=O) groups excluding carboxylic acids is 1. The van der Waals surface area contributed by atoms with Gasteiger partial charge in [0.25, 0.3) is 5.89 Å². The first kappa shape index (κ1) is 21.3. The summed E-state index contributed by atoms with van der Waals surface area (Å²) in [5.41, 5.74) is 1.92. The highest BCUT2D eigenvalue weighted by atomic mass is 16.5. The highest BCUT2D eigenvalue weighted by Crippen LogP contribution is 2.12. The number of hydrogen-bond acceptors (Lipinski definition) is 6. The van der Waals surface area contributed by atoms with Crippen molar-refractivity contribution in [3.05, 3.63) is 83.5 Å². The monoisotopic (exact) mass is 407 g/mol. The van der Waals surface area contributed by atoms with Crippen molar-refractivity contribution in [3.63, 3.8) is 0 Å². The van der Waals surface area contributed by atoms with Crippen LogP contribution in [0.3, 0.4) is 0 Å². The average molecular weight is 407 g/mol. The van der Waals surface area contributed by atoms with Crippen LogP contribution in [-0.2, 0) is 17.8 Å². The molecule has 0 spiro atoms. The van der Waals surface area contributed by atoms with Crippen LogP contribution in [0.4, 0.5) is 4.79 Å². The molecule has 156 valence electrons. The molecular formula is C23H25N3O4. The van der Waals surface area contributed by atoms with Gasteiger partial charge in [-0.1, -0.05) is 72.7 Å². The molecule has 2 N–H and O–H groups in total. The first-order valence-corrected chi connectivity index (χ1v) is 9.78. The second kappa shape index (κ2) is 10.9. The molecule has 0 bridgehead atoms. The molecule has 1 aromatic heterocycles. The largest absolute Gasteiger partial charge is 0.445 e. The Hall–Kier alpha value is -3.45. The highest BCUT2D eigenvalue weighted by molar-refractivity contribution is 5.67. The Labute approximate surface area is 175 Å². The predicted molar refractivity (Wildman–Crippen MR) is 113 cm³/mol. The van der Waals surface area contributed by atoms with Crippen LogP contribution in [-0.4, -0.2) is 34.0 Å². The zero-order valence-electron chi connectivity index (χ0n) is 16.8. The fraction of sp³-hybridized carbons (Fsp3) is 0.261. The number of nitrogens with one attached hydrogen (secondary N) is 1. The lowest BCUT2D eigenvalue weighted by Crippen LogP contribution is -2.43. The second-order valence-corrected chi connectivity index (χ2v) is 6.97. The molecule has 0 fully saturated rings. The molecule has 0 aliphatic carbocycles. The number of amides is 1. The van der Waals surface area contributed by atoms with Gasteiger partial charge >= 0.3 is 6.09 Å². The van der Waals surface area contributed by atoms with Crippen molar-refractivity contribution in [3.8, 4) is 0 Å². The van der Waals surface area contributed by atoms with Crippen LogP contribution in [0.2, 0.25) is 0 Å². The Morgan fingerprint density at radius 2 is 1.83 bits per heavy atom. The number of benzene rings is 2. The van der Waals surface area contributed by atoms with Gasteiger partial charge in [-0.15, -0.1) is 0 Å². The third-order valence-corrected chi connectivity index (χ3v) is 4.61. The van der Waals surface area contributed by atoms with E-state index in [-0.39, 0.29) is 19.1 Å². The standard InChI is InChI=1S/C23H25N3O4/c1-17(20(15-27)24-23(28)29-16-19-10-6-3-7-11-19)14-21-25-22(30-26-21)13-12-18-8-4-2-5-9-18/h2-13,17,20,27H,14-16H2,1H3,(H,24,28). The Kier molecular flexibility index (Phi) is 7.74. The molecule has 3 rings (SSSR count).